The summed E-state index contributed by atoms with van der Waals surface area (Å²) in [5.74, 6) is 6.60. The summed E-state index contributed by atoms with van der Waals surface area (Å²) >= 11 is 0. The molecule has 2 aliphatic heterocycles. The van der Waals surface area contributed by atoms with Gasteiger partial charge in [-0.2, -0.15) is 0 Å². The van der Waals surface area contributed by atoms with Crippen molar-refractivity contribution in [2.24, 2.45) is 5.84 Å². The van der Waals surface area contributed by atoms with Crippen molar-refractivity contribution >= 4 is 23.9 Å². The summed E-state index contributed by atoms with van der Waals surface area (Å²) in [6.07, 6.45) is 5.36. The average molecular weight is 425 g/mol. The van der Waals surface area contributed by atoms with Crippen LogP contribution in [0.3, 0.4) is 0 Å². The zero-order valence-electron chi connectivity index (χ0n) is 18.3. The highest BCUT2D eigenvalue weighted by Gasteiger charge is 2.19. The molecule has 5 rings (SSSR count). The zero-order chi connectivity index (χ0) is 22.1. The number of hydrogen-bond donors (Lipinski definition) is 3. The second-order valence-electron chi connectivity index (χ2n) is 8.59. The molecule has 0 radical (unpaired) electrons. The summed E-state index contributed by atoms with van der Waals surface area (Å²) < 4.78 is 0. The lowest BCUT2D eigenvalue weighted by Crippen LogP contribution is -2.37. The van der Waals surface area contributed by atoms with E-state index in [2.05, 4.69) is 41.8 Å². The lowest BCUT2D eigenvalue weighted by atomic mass is 9.97. The molecule has 0 bridgehead atoms. The molecular formula is C27H28N4O. The van der Waals surface area contributed by atoms with Crippen LogP contribution in [-0.2, 0) is 0 Å². The van der Waals surface area contributed by atoms with Crippen LogP contribution >= 0.6 is 0 Å². The smallest absolute Gasteiger partial charge is 0.272 e. The molecule has 1 unspecified atom stereocenters. The van der Waals surface area contributed by atoms with Crippen LogP contribution in [0.15, 0.2) is 60.7 Å². The lowest BCUT2D eigenvalue weighted by molar-refractivity contribution is 0.0987. The van der Waals surface area contributed by atoms with Gasteiger partial charge in [0, 0.05) is 24.9 Å². The number of fused-ring (bicyclic) bond motifs is 1. The van der Waals surface area contributed by atoms with Gasteiger partial charge in [0.05, 0.1) is 5.69 Å². The summed E-state index contributed by atoms with van der Waals surface area (Å²) in [4.78, 5) is 13.1. The van der Waals surface area contributed by atoms with E-state index < -0.39 is 0 Å². The summed E-state index contributed by atoms with van der Waals surface area (Å²) in [6.45, 7) is 4.97. The quantitative estimate of drug-likeness (QED) is 0.342. The third-order valence-corrected chi connectivity index (χ3v) is 6.50. The maximum absolute atomic E-state index is 13.1. The van der Waals surface area contributed by atoms with E-state index in [1.807, 2.05) is 48.7 Å². The van der Waals surface area contributed by atoms with Crippen molar-refractivity contribution in [3.8, 4) is 11.1 Å². The van der Waals surface area contributed by atoms with Crippen molar-refractivity contribution in [3.63, 3.8) is 0 Å². The van der Waals surface area contributed by atoms with Gasteiger partial charge in [0.2, 0.25) is 0 Å². The van der Waals surface area contributed by atoms with Gasteiger partial charge in [-0.15, -0.1) is 0 Å². The Bertz CT molecular complexity index is 1270. The number of aryl methyl sites for hydroxylation is 1. The number of amides is 1. The molecule has 1 fully saturated rings. The molecule has 0 saturated carbocycles. The molecule has 1 saturated heterocycles. The molecule has 2 aliphatic rings. The van der Waals surface area contributed by atoms with Crippen molar-refractivity contribution in [2.45, 2.75) is 19.3 Å². The molecule has 5 nitrogen and oxygen atoms in total. The lowest BCUT2D eigenvalue weighted by Gasteiger charge is -2.19. The number of carbonyl (C=O) groups is 1. The minimum Gasteiger partial charge on any atom is -0.387 e. The Labute approximate surface area is 188 Å². The Morgan fingerprint density at radius 2 is 1.88 bits per heavy atom. The maximum Gasteiger partial charge on any atom is 0.272 e. The SMILES string of the molecule is Cc1ccc(N(N)C(=O)c2ccc(C3CCNC3)cc2)cc1-c1ccc2c(c1)=CNCC=2. The number of nitrogens with zero attached hydrogens (tertiary/aromatic N) is 1. The van der Waals surface area contributed by atoms with Crippen LogP contribution in [0.2, 0.25) is 0 Å². The number of nitrogens with two attached hydrogens (primary N) is 1. The van der Waals surface area contributed by atoms with Crippen LogP contribution in [0.4, 0.5) is 5.69 Å². The van der Waals surface area contributed by atoms with Crippen LogP contribution < -0.4 is 31.9 Å². The molecule has 3 aromatic carbocycles. The minimum atomic E-state index is -0.214. The number of rotatable bonds is 4. The van der Waals surface area contributed by atoms with Gasteiger partial charge < -0.3 is 10.6 Å². The second kappa shape index (κ2) is 8.61. The van der Waals surface area contributed by atoms with Gasteiger partial charge in [-0.05, 0) is 88.8 Å². The number of hydrogen-bond acceptors (Lipinski definition) is 4. The van der Waals surface area contributed by atoms with E-state index in [1.54, 1.807) is 0 Å². The summed E-state index contributed by atoms with van der Waals surface area (Å²) in [5, 5.41) is 10.3. The first kappa shape index (κ1) is 20.5. The van der Waals surface area contributed by atoms with Crippen molar-refractivity contribution in [1.29, 1.82) is 0 Å². The van der Waals surface area contributed by atoms with Crippen LogP contribution in [0.25, 0.3) is 23.4 Å². The molecular weight excluding hydrogens is 396 g/mol. The van der Waals surface area contributed by atoms with E-state index in [4.69, 9.17) is 5.84 Å². The molecule has 0 aromatic heterocycles. The first-order valence-corrected chi connectivity index (χ1v) is 11.1. The molecule has 32 heavy (non-hydrogen) atoms. The average Bonchev–Trinajstić information content (AvgIpc) is 3.38. The Balaban J connectivity index is 1.42. The van der Waals surface area contributed by atoms with E-state index in [1.165, 1.54) is 15.8 Å². The molecule has 4 N–H and O–H groups in total. The highest BCUT2D eigenvalue weighted by atomic mass is 16.2. The maximum atomic E-state index is 13.1. The molecule has 162 valence electrons. The molecule has 0 aliphatic carbocycles. The molecule has 5 heteroatoms. The van der Waals surface area contributed by atoms with Gasteiger partial charge >= 0.3 is 0 Å². The second-order valence-corrected chi connectivity index (χ2v) is 8.59. The predicted octanol–water partition coefficient (Wildman–Crippen LogP) is 2.38. The Hall–Kier alpha value is -3.41. The summed E-state index contributed by atoms with van der Waals surface area (Å²) in [5.41, 5.74) is 5.84. The van der Waals surface area contributed by atoms with E-state index >= 15 is 0 Å². The Kier molecular flexibility index (Phi) is 5.52. The van der Waals surface area contributed by atoms with Gasteiger partial charge in [0.25, 0.3) is 5.91 Å². The number of carbonyl (C=O) groups excluding carboxylic acids is 1. The van der Waals surface area contributed by atoms with Crippen LogP contribution in [0, 0.1) is 6.92 Å². The van der Waals surface area contributed by atoms with Crippen molar-refractivity contribution in [3.05, 3.63) is 87.8 Å². The predicted molar refractivity (Wildman–Crippen MR) is 130 cm³/mol. The number of nitrogens with one attached hydrogen (secondary N) is 2. The monoisotopic (exact) mass is 424 g/mol. The normalized spacial score (nSPS) is 17.0. The third kappa shape index (κ3) is 3.93. The summed E-state index contributed by atoms with van der Waals surface area (Å²) in [6, 6.07) is 20.2. The summed E-state index contributed by atoms with van der Waals surface area (Å²) in [7, 11) is 0. The standard InChI is InChI=1S/C27H28N4O/c1-18-2-9-25(15-26(18)22-8-5-20-10-12-30-17-24(20)14-22)31(28)27(32)21-6-3-19(4-7-21)23-11-13-29-16-23/h2-10,14-15,17,23,29-30H,11-13,16,28H2,1H3. The van der Waals surface area contributed by atoms with Gasteiger partial charge in [0.15, 0.2) is 0 Å². The fourth-order valence-electron chi connectivity index (χ4n) is 4.56. The molecule has 3 aromatic rings. The first-order valence-electron chi connectivity index (χ1n) is 11.1. The van der Waals surface area contributed by atoms with Crippen LogP contribution in [0.1, 0.15) is 33.8 Å². The van der Waals surface area contributed by atoms with Crippen molar-refractivity contribution in [2.75, 3.05) is 24.6 Å². The van der Waals surface area contributed by atoms with E-state index in [0.29, 0.717) is 17.2 Å². The van der Waals surface area contributed by atoms with Crippen molar-refractivity contribution < 1.29 is 4.79 Å². The molecule has 1 atom stereocenters. The fraction of sp³-hybridized carbons (Fsp3) is 0.222. The van der Waals surface area contributed by atoms with E-state index in [-0.39, 0.29) is 5.91 Å². The van der Waals surface area contributed by atoms with Crippen LogP contribution in [-0.4, -0.2) is 25.5 Å². The number of anilines is 1. The zero-order valence-corrected chi connectivity index (χ0v) is 18.3. The molecule has 2 heterocycles. The number of benzene rings is 3. The highest BCUT2D eigenvalue weighted by Crippen LogP contribution is 2.28. The van der Waals surface area contributed by atoms with Gasteiger partial charge in [-0.3, -0.25) is 4.79 Å². The highest BCUT2D eigenvalue weighted by molar-refractivity contribution is 6.05. The van der Waals surface area contributed by atoms with E-state index in [9.17, 15) is 4.79 Å². The fourth-order valence-corrected chi connectivity index (χ4v) is 4.56. The molecule has 1 amide bonds. The first-order chi connectivity index (χ1) is 15.6. The van der Waals surface area contributed by atoms with Gasteiger partial charge in [-0.25, -0.2) is 10.9 Å². The van der Waals surface area contributed by atoms with Gasteiger partial charge in [-0.1, -0.05) is 36.4 Å². The topological polar surface area (TPSA) is 70.4 Å². The number of hydrazine groups is 1. The minimum absolute atomic E-state index is 0.214. The molecule has 0 spiro atoms. The van der Waals surface area contributed by atoms with E-state index in [0.717, 1.165) is 48.0 Å². The van der Waals surface area contributed by atoms with Crippen LogP contribution in [0.5, 0.6) is 0 Å². The largest absolute Gasteiger partial charge is 0.387 e. The van der Waals surface area contributed by atoms with Crippen molar-refractivity contribution in [1.82, 2.24) is 10.6 Å². The Morgan fingerprint density at radius 3 is 2.66 bits per heavy atom. The Morgan fingerprint density at radius 1 is 1.03 bits per heavy atom. The van der Waals surface area contributed by atoms with Gasteiger partial charge in [0.1, 0.15) is 0 Å². The third-order valence-electron chi connectivity index (χ3n) is 6.50.